The number of aryl methyl sites for hydroxylation is 1. The molecule has 28 heavy (non-hydrogen) atoms. The quantitative estimate of drug-likeness (QED) is 0.507. The van der Waals surface area contributed by atoms with Crippen molar-refractivity contribution in [3.63, 3.8) is 0 Å². The first-order valence-corrected chi connectivity index (χ1v) is 10.2. The second-order valence-electron chi connectivity index (χ2n) is 9.01. The van der Waals surface area contributed by atoms with E-state index in [1.54, 1.807) is 0 Å². The van der Waals surface area contributed by atoms with Gasteiger partial charge in [-0.3, -0.25) is 0 Å². The van der Waals surface area contributed by atoms with Crippen molar-refractivity contribution in [2.45, 2.75) is 51.7 Å². The Morgan fingerprint density at radius 1 is 0.929 bits per heavy atom. The SMILES string of the molecule is Cc1cccc(C2Oc3ccccc3-c3ccc4c(c32)C(C)CC(C)(C)N4)c1. The van der Waals surface area contributed by atoms with Crippen LogP contribution in [-0.2, 0) is 0 Å². The van der Waals surface area contributed by atoms with Crippen molar-refractivity contribution in [1.29, 1.82) is 0 Å². The lowest BCUT2D eigenvalue weighted by molar-refractivity contribution is 0.241. The van der Waals surface area contributed by atoms with Crippen LogP contribution in [0.15, 0.2) is 60.7 Å². The molecular formula is C26H27NO. The van der Waals surface area contributed by atoms with Crippen LogP contribution < -0.4 is 10.1 Å². The maximum atomic E-state index is 6.64. The van der Waals surface area contributed by atoms with Gasteiger partial charge >= 0.3 is 0 Å². The predicted octanol–water partition coefficient (Wildman–Crippen LogP) is 6.84. The molecule has 2 aliphatic heterocycles. The zero-order valence-corrected chi connectivity index (χ0v) is 17.0. The number of hydrogen-bond acceptors (Lipinski definition) is 2. The average molecular weight is 370 g/mol. The van der Waals surface area contributed by atoms with Crippen molar-refractivity contribution < 1.29 is 4.74 Å². The first kappa shape index (κ1) is 17.4. The topological polar surface area (TPSA) is 21.3 Å². The lowest BCUT2D eigenvalue weighted by Gasteiger charge is -2.41. The highest BCUT2D eigenvalue weighted by molar-refractivity contribution is 5.81. The maximum absolute atomic E-state index is 6.64. The molecule has 2 unspecified atom stereocenters. The van der Waals surface area contributed by atoms with Gasteiger partial charge in [0, 0.05) is 22.4 Å². The molecule has 3 aromatic rings. The fraction of sp³-hybridized carbons (Fsp3) is 0.308. The third kappa shape index (κ3) is 2.71. The van der Waals surface area contributed by atoms with E-state index in [0.717, 1.165) is 12.2 Å². The van der Waals surface area contributed by atoms with Crippen LogP contribution in [0.3, 0.4) is 0 Å². The van der Waals surface area contributed by atoms with Crippen molar-refractivity contribution in [3.05, 3.63) is 82.9 Å². The lowest BCUT2D eigenvalue weighted by Crippen LogP contribution is -2.37. The lowest BCUT2D eigenvalue weighted by atomic mass is 9.75. The van der Waals surface area contributed by atoms with E-state index in [1.807, 2.05) is 0 Å². The Kier molecular flexibility index (Phi) is 3.80. The Bertz CT molecular complexity index is 1070. The minimum atomic E-state index is -0.0785. The van der Waals surface area contributed by atoms with Gasteiger partial charge in [-0.2, -0.15) is 0 Å². The second kappa shape index (κ2) is 6.13. The maximum Gasteiger partial charge on any atom is 0.150 e. The van der Waals surface area contributed by atoms with Crippen molar-refractivity contribution in [2.24, 2.45) is 0 Å². The molecule has 1 N–H and O–H groups in total. The Hall–Kier alpha value is -2.74. The highest BCUT2D eigenvalue weighted by Gasteiger charge is 2.37. The molecule has 0 spiro atoms. The van der Waals surface area contributed by atoms with E-state index in [1.165, 1.54) is 39.1 Å². The average Bonchev–Trinajstić information content (AvgIpc) is 2.65. The van der Waals surface area contributed by atoms with Gasteiger partial charge in [0.2, 0.25) is 0 Å². The molecule has 0 fully saturated rings. The molecule has 2 nitrogen and oxygen atoms in total. The standard InChI is InChI=1S/C26H27NO/c1-16-8-7-9-18(14-16)25-24-20(19-10-5-6-11-22(19)28-25)12-13-21-23(24)17(2)15-26(3,4)27-21/h5-14,17,25,27H,15H2,1-4H3. The summed E-state index contributed by atoms with van der Waals surface area (Å²) in [6.45, 7) is 9.08. The summed E-state index contributed by atoms with van der Waals surface area (Å²) in [6, 6.07) is 21.7. The molecule has 0 amide bonds. The number of anilines is 1. The predicted molar refractivity (Wildman–Crippen MR) is 116 cm³/mol. The van der Waals surface area contributed by atoms with E-state index in [4.69, 9.17) is 4.74 Å². The van der Waals surface area contributed by atoms with E-state index in [2.05, 4.69) is 93.7 Å². The second-order valence-corrected chi connectivity index (χ2v) is 9.01. The number of ether oxygens (including phenoxy) is 1. The van der Waals surface area contributed by atoms with Crippen LogP contribution in [0.4, 0.5) is 5.69 Å². The fourth-order valence-corrected chi connectivity index (χ4v) is 5.12. The van der Waals surface area contributed by atoms with Crippen LogP contribution >= 0.6 is 0 Å². The molecule has 2 heteroatoms. The van der Waals surface area contributed by atoms with Crippen LogP contribution in [0.25, 0.3) is 11.1 Å². The van der Waals surface area contributed by atoms with Crippen molar-refractivity contribution >= 4 is 5.69 Å². The summed E-state index contributed by atoms with van der Waals surface area (Å²) < 4.78 is 6.64. The van der Waals surface area contributed by atoms with Gasteiger partial charge in [0.1, 0.15) is 11.9 Å². The van der Waals surface area contributed by atoms with Crippen LogP contribution in [0.5, 0.6) is 5.75 Å². The van der Waals surface area contributed by atoms with Crippen molar-refractivity contribution in [2.75, 3.05) is 5.32 Å². The van der Waals surface area contributed by atoms with Gasteiger partial charge in [-0.05, 0) is 61.9 Å². The Labute approximate surface area is 167 Å². The molecule has 2 heterocycles. The fourth-order valence-electron chi connectivity index (χ4n) is 5.12. The van der Waals surface area contributed by atoms with Gasteiger partial charge in [0.15, 0.2) is 0 Å². The molecule has 0 aliphatic carbocycles. The van der Waals surface area contributed by atoms with Gasteiger partial charge in [-0.15, -0.1) is 0 Å². The molecular weight excluding hydrogens is 342 g/mol. The summed E-state index contributed by atoms with van der Waals surface area (Å²) in [5.41, 5.74) is 9.09. The first-order valence-electron chi connectivity index (χ1n) is 10.2. The number of hydrogen-bond donors (Lipinski definition) is 1. The van der Waals surface area contributed by atoms with Crippen LogP contribution in [0, 0.1) is 6.92 Å². The molecule has 0 saturated carbocycles. The van der Waals surface area contributed by atoms with Gasteiger partial charge in [0.25, 0.3) is 0 Å². The zero-order chi connectivity index (χ0) is 19.5. The minimum Gasteiger partial charge on any atom is -0.480 e. The van der Waals surface area contributed by atoms with E-state index >= 15 is 0 Å². The van der Waals surface area contributed by atoms with Crippen LogP contribution in [-0.4, -0.2) is 5.54 Å². The zero-order valence-electron chi connectivity index (χ0n) is 17.0. The molecule has 2 aliphatic rings. The van der Waals surface area contributed by atoms with Gasteiger partial charge in [-0.1, -0.05) is 61.0 Å². The number of para-hydroxylation sites is 1. The van der Waals surface area contributed by atoms with E-state index in [0.29, 0.717) is 5.92 Å². The number of nitrogens with one attached hydrogen (secondary N) is 1. The molecule has 5 rings (SSSR count). The third-order valence-corrected chi connectivity index (χ3v) is 6.10. The number of benzene rings is 3. The van der Waals surface area contributed by atoms with Crippen molar-refractivity contribution in [3.8, 4) is 16.9 Å². The van der Waals surface area contributed by atoms with Gasteiger partial charge in [-0.25, -0.2) is 0 Å². The summed E-state index contributed by atoms with van der Waals surface area (Å²) in [4.78, 5) is 0. The van der Waals surface area contributed by atoms with Crippen LogP contribution in [0.2, 0.25) is 0 Å². The molecule has 142 valence electrons. The summed E-state index contributed by atoms with van der Waals surface area (Å²) in [5, 5.41) is 3.77. The number of fused-ring (bicyclic) bond motifs is 5. The Morgan fingerprint density at radius 2 is 1.75 bits per heavy atom. The summed E-state index contributed by atoms with van der Waals surface area (Å²) in [7, 11) is 0. The van der Waals surface area contributed by atoms with E-state index in [9.17, 15) is 0 Å². The summed E-state index contributed by atoms with van der Waals surface area (Å²) >= 11 is 0. The molecule has 0 aromatic heterocycles. The highest BCUT2D eigenvalue weighted by Crippen LogP contribution is 2.51. The minimum absolute atomic E-state index is 0.0785. The molecule has 2 atom stereocenters. The van der Waals surface area contributed by atoms with Gasteiger partial charge in [0.05, 0.1) is 0 Å². The third-order valence-electron chi connectivity index (χ3n) is 6.10. The smallest absolute Gasteiger partial charge is 0.150 e. The van der Waals surface area contributed by atoms with E-state index < -0.39 is 0 Å². The summed E-state index contributed by atoms with van der Waals surface area (Å²) in [5.74, 6) is 1.44. The first-order chi connectivity index (χ1) is 13.4. The normalized spacial score (nSPS) is 21.6. The Balaban J connectivity index is 1.79. The molecule has 0 saturated heterocycles. The Morgan fingerprint density at radius 3 is 2.57 bits per heavy atom. The number of rotatable bonds is 1. The van der Waals surface area contributed by atoms with Crippen molar-refractivity contribution in [1.82, 2.24) is 0 Å². The monoisotopic (exact) mass is 369 g/mol. The largest absolute Gasteiger partial charge is 0.480 e. The van der Waals surface area contributed by atoms with Gasteiger partial charge < -0.3 is 10.1 Å². The molecule has 0 radical (unpaired) electrons. The molecule has 3 aromatic carbocycles. The molecule has 0 bridgehead atoms. The van der Waals surface area contributed by atoms with Crippen LogP contribution in [0.1, 0.15) is 61.5 Å². The highest BCUT2D eigenvalue weighted by atomic mass is 16.5. The summed E-state index contributed by atoms with van der Waals surface area (Å²) in [6.07, 6.45) is 1.03. The van der Waals surface area contributed by atoms with E-state index in [-0.39, 0.29) is 11.6 Å².